The molecule has 0 spiro atoms. The van der Waals surface area contributed by atoms with Crippen molar-refractivity contribution in [2.75, 3.05) is 26.4 Å². The van der Waals surface area contributed by atoms with Gasteiger partial charge in [-0.05, 0) is 12.3 Å². The number of hydrogen-bond acceptors (Lipinski definition) is 4. The molecule has 0 saturated carbocycles. The van der Waals surface area contributed by atoms with Crippen LogP contribution in [0.25, 0.3) is 0 Å². The summed E-state index contributed by atoms with van der Waals surface area (Å²) in [4.78, 5) is 0. The van der Waals surface area contributed by atoms with Crippen LogP contribution in [0.5, 0.6) is 0 Å². The van der Waals surface area contributed by atoms with Gasteiger partial charge in [-0.2, -0.15) is 0 Å². The molecule has 2 unspecified atom stereocenters. The van der Waals surface area contributed by atoms with Crippen LogP contribution in [0.4, 0.5) is 0 Å². The van der Waals surface area contributed by atoms with Crippen LogP contribution in [0, 0.1) is 5.92 Å². The third kappa shape index (κ3) is 8.05. The number of aliphatic hydroxyl groups is 2. The number of rotatable bonds is 10. The van der Waals surface area contributed by atoms with E-state index in [0.29, 0.717) is 12.5 Å². The predicted molar refractivity (Wildman–Crippen MR) is 63.4 cm³/mol. The molecule has 0 rings (SSSR count). The second-order valence-corrected chi connectivity index (χ2v) is 4.42. The molecule has 0 aromatic heterocycles. The van der Waals surface area contributed by atoms with Gasteiger partial charge >= 0.3 is 0 Å². The van der Waals surface area contributed by atoms with E-state index >= 15 is 0 Å². The van der Waals surface area contributed by atoms with E-state index in [1.165, 1.54) is 0 Å². The first-order chi connectivity index (χ1) is 7.61. The predicted octanol–water partition coefficient (Wildman–Crippen LogP) is 1.20. The molecule has 0 radical (unpaired) electrons. The molecule has 4 heteroatoms. The zero-order chi connectivity index (χ0) is 12.4. The van der Waals surface area contributed by atoms with Gasteiger partial charge < -0.3 is 19.7 Å². The highest BCUT2D eigenvalue weighted by molar-refractivity contribution is 4.68. The molecule has 4 nitrogen and oxygen atoms in total. The lowest BCUT2D eigenvalue weighted by atomic mass is 10.1. The Balaban J connectivity index is 3.87. The van der Waals surface area contributed by atoms with Crippen LogP contribution in [-0.4, -0.2) is 48.8 Å². The van der Waals surface area contributed by atoms with Crippen LogP contribution < -0.4 is 0 Å². The fourth-order valence-corrected chi connectivity index (χ4v) is 1.36. The molecule has 0 aliphatic carbocycles. The molecule has 0 heterocycles. The number of hydrogen-bond donors (Lipinski definition) is 2. The van der Waals surface area contributed by atoms with Crippen LogP contribution in [-0.2, 0) is 9.47 Å². The van der Waals surface area contributed by atoms with E-state index in [0.717, 1.165) is 12.8 Å². The molecule has 0 saturated heterocycles. The van der Waals surface area contributed by atoms with Crippen molar-refractivity contribution in [3.63, 3.8) is 0 Å². The van der Waals surface area contributed by atoms with Crippen molar-refractivity contribution >= 4 is 0 Å². The van der Waals surface area contributed by atoms with Gasteiger partial charge in [0, 0.05) is 6.61 Å². The monoisotopic (exact) mass is 234 g/mol. The van der Waals surface area contributed by atoms with Gasteiger partial charge in [0.2, 0.25) is 0 Å². The van der Waals surface area contributed by atoms with Crippen molar-refractivity contribution in [1.82, 2.24) is 0 Å². The second-order valence-electron chi connectivity index (χ2n) is 4.42. The maximum atomic E-state index is 9.85. The molecule has 2 N–H and O–H groups in total. The third-order valence-corrected chi connectivity index (χ3v) is 2.17. The van der Waals surface area contributed by atoms with Crippen molar-refractivity contribution in [3.05, 3.63) is 0 Å². The Labute approximate surface area is 98.6 Å². The Morgan fingerprint density at radius 2 is 1.88 bits per heavy atom. The fraction of sp³-hybridized carbons (Fsp3) is 1.00. The Kier molecular flexibility index (Phi) is 9.92. The summed E-state index contributed by atoms with van der Waals surface area (Å²) in [5.41, 5.74) is 0. The minimum atomic E-state index is -0.606. The number of ether oxygens (including phenoxy) is 2. The zero-order valence-corrected chi connectivity index (χ0v) is 10.7. The Hall–Kier alpha value is -0.160. The van der Waals surface area contributed by atoms with Crippen LogP contribution in [0.3, 0.4) is 0 Å². The van der Waals surface area contributed by atoms with Gasteiger partial charge in [-0.25, -0.2) is 0 Å². The minimum Gasteiger partial charge on any atom is -0.394 e. The molecule has 0 aliphatic heterocycles. The quantitative estimate of drug-likeness (QED) is 0.558. The van der Waals surface area contributed by atoms with Gasteiger partial charge in [0.1, 0.15) is 6.10 Å². The number of aliphatic hydroxyl groups excluding tert-OH is 2. The molecular formula is C12H26O4. The summed E-state index contributed by atoms with van der Waals surface area (Å²) in [5, 5.41) is 18.4. The summed E-state index contributed by atoms with van der Waals surface area (Å²) in [5.74, 6) is 0.463. The maximum Gasteiger partial charge on any atom is 0.103 e. The second kappa shape index (κ2) is 10.0. The highest BCUT2D eigenvalue weighted by atomic mass is 16.5. The maximum absolute atomic E-state index is 9.85. The van der Waals surface area contributed by atoms with E-state index in [2.05, 4.69) is 20.8 Å². The minimum absolute atomic E-state index is 0.0159. The van der Waals surface area contributed by atoms with Crippen molar-refractivity contribution in [1.29, 1.82) is 0 Å². The normalized spacial score (nSPS) is 15.4. The van der Waals surface area contributed by atoms with Gasteiger partial charge in [0.15, 0.2) is 0 Å². The first-order valence-electron chi connectivity index (χ1n) is 6.10. The van der Waals surface area contributed by atoms with Crippen LogP contribution in [0.1, 0.15) is 33.6 Å². The first-order valence-corrected chi connectivity index (χ1v) is 6.10. The molecule has 0 bridgehead atoms. The summed E-state index contributed by atoms with van der Waals surface area (Å²) < 4.78 is 10.7. The molecule has 0 amide bonds. The van der Waals surface area contributed by atoms with Crippen LogP contribution in [0.15, 0.2) is 0 Å². The molecule has 0 aromatic rings. The molecule has 0 aromatic carbocycles. The molecular weight excluding hydrogens is 208 g/mol. The highest BCUT2D eigenvalue weighted by Crippen LogP contribution is 2.10. The summed E-state index contributed by atoms with van der Waals surface area (Å²) in [6.45, 7) is 7.35. The smallest absolute Gasteiger partial charge is 0.103 e. The van der Waals surface area contributed by atoms with E-state index in [9.17, 15) is 5.11 Å². The van der Waals surface area contributed by atoms with E-state index in [1.807, 2.05) is 0 Å². The molecule has 0 aliphatic rings. The van der Waals surface area contributed by atoms with Crippen molar-refractivity contribution in [3.8, 4) is 0 Å². The standard InChI is InChI=1S/C12H26O4/c1-4-5-12(16-8-10(2)3)11(14)9-15-7-6-13/h10-14H,4-9H2,1-3H3. The van der Waals surface area contributed by atoms with Gasteiger partial charge in [-0.15, -0.1) is 0 Å². The topological polar surface area (TPSA) is 58.9 Å². The van der Waals surface area contributed by atoms with Crippen molar-refractivity contribution < 1.29 is 19.7 Å². The average molecular weight is 234 g/mol. The summed E-state index contributed by atoms with van der Waals surface area (Å²) in [6, 6.07) is 0. The Morgan fingerprint density at radius 1 is 1.19 bits per heavy atom. The zero-order valence-electron chi connectivity index (χ0n) is 10.7. The molecule has 16 heavy (non-hydrogen) atoms. The van der Waals surface area contributed by atoms with Gasteiger partial charge in [-0.3, -0.25) is 0 Å². The SMILES string of the molecule is CCCC(OCC(C)C)C(O)COCCO. The molecule has 2 atom stereocenters. The van der Waals surface area contributed by atoms with E-state index in [4.69, 9.17) is 14.6 Å². The van der Waals surface area contributed by atoms with Crippen molar-refractivity contribution in [2.45, 2.75) is 45.8 Å². The molecule has 0 fully saturated rings. The first kappa shape index (κ1) is 15.8. The highest BCUT2D eigenvalue weighted by Gasteiger charge is 2.19. The summed E-state index contributed by atoms with van der Waals surface area (Å²) >= 11 is 0. The lowest BCUT2D eigenvalue weighted by Gasteiger charge is -2.23. The van der Waals surface area contributed by atoms with E-state index in [-0.39, 0.29) is 25.9 Å². The van der Waals surface area contributed by atoms with Crippen molar-refractivity contribution in [2.24, 2.45) is 5.92 Å². The van der Waals surface area contributed by atoms with Gasteiger partial charge in [0.25, 0.3) is 0 Å². The van der Waals surface area contributed by atoms with Crippen LogP contribution in [0.2, 0.25) is 0 Å². The molecule has 98 valence electrons. The van der Waals surface area contributed by atoms with E-state index < -0.39 is 6.10 Å². The summed E-state index contributed by atoms with van der Waals surface area (Å²) in [7, 11) is 0. The van der Waals surface area contributed by atoms with Crippen LogP contribution >= 0.6 is 0 Å². The van der Waals surface area contributed by atoms with Gasteiger partial charge in [-0.1, -0.05) is 27.2 Å². The third-order valence-electron chi connectivity index (χ3n) is 2.17. The average Bonchev–Trinajstić information content (AvgIpc) is 2.24. The lowest BCUT2D eigenvalue weighted by molar-refractivity contribution is -0.0832. The Bertz CT molecular complexity index is 150. The van der Waals surface area contributed by atoms with E-state index in [1.54, 1.807) is 0 Å². The van der Waals surface area contributed by atoms with Gasteiger partial charge in [0.05, 0.1) is 25.9 Å². The summed E-state index contributed by atoms with van der Waals surface area (Å²) in [6.07, 6.45) is 1.03. The largest absolute Gasteiger partial charge is 0.394 e. The fourth-order valence-electron chi connectivity index (χ4n) is 1.36. The lowest BCUT2D eigenvalue weighted by Crippen LogP contribution is -2.34. The Morgan fingerprint density at radius 3 is 2.38 bits per heavy atom.